The van der Waals surface area contributed by atoms with Gasteiger partial charge in [-0.1, -0.05) is 0 Å². The molecule has 1 aliphatic carbocycles. The van der Waals surface area contributed by atoms with Gasteiger partial charge < -0.3 is 29.7 Å². The number of benzene rings is 1. The number of rotatable bonds is 7. The lowest BCUT2D eigenvalue weighted by Crippen LogP contribution is -2.05. The minimum atomic E-state index is -0.396. The summed E-state index contributed by atoms with van der Waals surface area (Å²) in [6.07, 6.45) is 2.04. The van der Waals surface area contributed by atoms with Crippen molar-refractivity contribution in [2.75, 3.05) is 28.4 Å². The minimum absolute atomic E-state index is 0.254. The van der Waals surface area contributed by atoms with E-state index in [4.69, 9.17) is 24.7 Å². The molecule has 140 valence electrons. The van der Waals surface area contributed by atoms with Crippen LogP contribution in [-0.4, -0.2) is 39.4 Å². The molecule has 1 fully saturated rings. The summed E-state index contributed by atoms with van der Waals surface area (Å²) in [6.45, 7) is 0.254. The Labute approximate surface area is 152 Å². The lowest BCUT2D eigenvalue weighted by Gasteiger charge is -2.17. The molecule has 3 N–H and O–H groups in total. The first kappa shape index (κ1) is 18.1. The molecule has 0 radical (unpaired) electrons. The largest absolute Gasteiger partial charge is 0.493 e. The molecule has 1 aromatic heterocycles. The number of carbonyl (C=O) groups is 1. The van der Waals surface area contributed by atoms with Gasteiger partial charge in [0.25, 0.3) is 0 Å². The van der Waals surface area contributed by atoms with Crippen molar-refractivity contribution in [3.05, 3.63) is 29.1 Å². The average molecular weight is 360 g/mol. The Morgan fingerprint density at radius 2 is 1.81 bits per heavy atom. The van der Waals surface area contributed by atoms with Gasteiger partial charge in [-0.3, -0.25) is 0 Å². The van der Waals surface area contributed by atoms with Crippen LogP contribution in [0.15, 0.2) is 12.1 Å². The molecule has 0 spiro atoms. The van der Waals surface area contributed by atoms with Gasteiger partial charge in [-0.05, 0) is 36.5 Å². The molecule has 1 aliphatic rings. The Morgan fingerprint density at radius 1 is 1.12 bits per heavy atom. The van der Waals surface area contributed by atoms with E-state index >= 15 is 0 Å². The predicted octanol–water partition coefficient (Wildman–Crippen LogP) is 2.83. The van der Waals surface area contributed by atoms with Crippen molar-refractivity contribution in [2.24, 2.45) is 5.73 Å². The van der Waals surface area contributed by atoms with Gasteiger partial charge in [0, 0.05) is 23.4 Å². The number of methoxy groups -OCH3 is 4. The highest BCUT2D eigenvalue weighted by atomic mass is 16.5. The highest BCUT2D eigenvalue weighted by molar-refractivity contribution is 5.95. The van der Waals surface area contributed by atoms with Gasteiger partial charge in [0.15, 0.2) is 11.5 Å². The molecular weight excluding hydrogens is 336 g/mol. The molecule has 2 aromatic rings. The van der Waals surface area contributed by atoms with Crippen molar-refractivity contribution in [3.8, 4) is 28.4 Å². The number of nitrogens with one attached hydrogen (secondary N) is 1. The van der Waals surface area contributed by atoms with Gasteiger partial charge in [0.05, 0.1) is 28.4 Å². The Balaban J connectivity index is 2.30. The van der Waals surface area contributed by atoms with Crippen LogP contribution in [0.5, 0.6) is 17.2 Å². The van der Waals surface area contributed by atoms with Gasteiger partial charge in [-0.25, -0.2) is 4.79 Å². The summed E-state index contributed by atoms with van der Waals surface area (Å²) < 4.78 is 21.5. The smallest absolute Gasteiger partial charge is 0.354 e. The zero-order valence-electron chi connectivity index (χ0n) is 15.5. The summed E-state index contributed by atoms with van der Waals surface area (Å²) >= 11 is 0. The summed E-state index contributed by atoms with van der Waals surface area (Å²) in [5.74, 6) is 1.51. The van der Waals surface area contributed by atoms with Crippen molar-refractivity contribution in [3.63, 3.8) is 0 Å². The summed E-state index contributed by atoms with van der Waals surface area (Å²) in [5.41, 5.74) is 9.81. The normalized spacial score (nSPS) is 13.4. The number of nitrogens with two attached hydrogens (primary N) is 1. The maximum atomic E-state index is 12.3. The maximum Gasteiger partial charge on any atom is 0.354 e. The lowest BCUT2D eigenvalue weighted by molar-refractivity contribution is 0.0593. The fourth-order valence-corrected chi connectivity index (χ4v) is 3.37. The predicted molar refractivity (Wildman–Crippen MR) is 97.1 cm³/mol. The topological polar surface area (TPSA) is 95.8 Å². The Morgan fingerprint density at radius 3 is 2.31 bits per heavy atom. The average Bonchev–Trinajstić information content (AvgIpc) is 3.45. The zero-order chi connectivity index (χ0) is 18.8. The van der Waals surface area contributed by atoms with E-state index in [1.807, 2.05) is 12.1 Å². The number of hydrogen-bond donors (Lipinski definition) is 2. The van der Waals surface area contributed by atoms with E-state index in [9.17, 15) is 4.79 Å². The van der Waals surface area contributed by atoms with Crippen LogP contribution in [0.2, 0.25) is 0 Å². The first-order valence-corrected chi connectivity index (χ1v) is 8.43. The highest BCUT2D eigenvalue weighted by Crippen LogP contribution is 2.52. The number of aromatic nitrogens is 1. The van der Waals surface area contributed by atoms with E-state index in [0.717, 1.165) is 35.2 Å². The molecule has 1 aromatic carbocycles. The first-order chi connectivity index (χ1) is 12.6. The van der Waals surface area contributed by atoms with Crippen LogP contribution in [0, 0.1) is 0 Å². The molecule has 0 aliphatic heterocycles. The number of hydrogen-bond acceptors (Lipinski definition) is 6. The molecule has 7 heteroatoms. The molecule has 0 unspecified atom stereocenters. The van der Waals surface area contributed by atoms with Crippen molar-refractivity contribution in [1.29, 1.82) is 0 Å². The molecule has 1 saturated carbocycles. The van der Waals surface area contributed by atoms with Crippen molar-refractivity contribution in [1.82, 2.24) is 4.98 Å². The quantitative estimate of drug-likeness (QED) is 0.737. The van der Waals surface area contributed by atoms with Gasteiger partial charge in [-0.2, -0.15) is 0 Å². The van der Waals surface area contributed by atoms with Crippen LogP contribution in [0.3, 0.4) is 0 Å². The van der Waals surface area contributed by atoms with Crippen LogP contribution < -0.4 is 19.9 Å². The summed E-state index contributed by atoms with van der Waals surface area (Å²) in [7, 11) is 6.09. The van der Waals surface area contributed by atoms with Crippen LogP contribution >= 0.6 is 0 Å². The monoisotopic (exact) mass is 360 g/mol. The zero-order valence-corrected chi connectivity index (χ0v) is 15.5. The molecule has 7 nitrogen and oxygen atoms in total. The standard InChI is InChI=1S/C19H24N2O5/c1-23-13-8-7-11(17(24-2)18(13)25-3)15-12(9-20)21-16(19(22)26-4)14(15)10-5-6-10/h7-8,10,21H,5-6,9,20H2,1-4H3. The third-order valence-corrected chi connectivity index (χ3v) is 4.67. The van der Waals surface area contributed by atoms with Crippen LogP contribution in [0.4, 0.5) is 0 Å². The fraction of sp³-hybridized carbons (Fsp3) is 0.421. The Kier molecular flexibility index (Phi) is 5.08. The molecular formula is C19H24N2O5. The van der Waals surface area contributed by atoms with E-state index in [0.29, 0.717) is 28.9 Å². The van der Waals surface area contributed by atoms with E-state index < -0.39 is 5.97 Å². The molecule has 0 saturated heterocycles. The highest BCUT2D eigenvalue weighted by Gasteiger charge is 2.36. The van der Waals surface area contributed by atoms with E-state index in [1.54, 1.807) is 21.3 Å². The van der Waals surface area contributed by atoms with Gasteiger partial charge in [0.1, 0.15) is 5.69 Å². The maximum absolute atomic E-state index is 12.3. The number of aromatic amines is 1. The fourth-order valence-electron chi connectivity index (χ4n) is 3.37. The third-order valence-electron chi connectivity index (χ3n) is 4.67. The second-order valence-electron chi connectivity index (χ2n) is 6.12. The lowest BCUT2D eigenvalue weighted by atomic mass is 9.95. The first-order valence-electron chi connectivity index (χ1n) is 8.43. The van der Waals surface area contributed by atoms with Crippen molar-refractivity contribution < 1.29 is 23.7 Å². The summed E-state index contributed by atoms with van der Waals surface area (Å²) in [5, 5.41) is 0. The molecule has 3 rings (SSSR count). The number of ether oxygens (including phenoxy) is 4. The van der Waals surface area contributed by atoms with Crippen molar-refractivity contribution >= 4 is 5.97 Å². The minimum Gasteiger partial charge on any atom is -0.493 e. The van der Waals surface area contributed by atoms with Gasteiger partial charge in [0.2, 0.25) is 5.75 Å². The molecule has 0 amide bonds. The molecule has 1 heterocycles. The Bertz CT molecular complexity index is 824. The third kappa shape index (κ3) is 2.88. The van der Waals surface area contributed by atoms with Crippen molar-refractivity contribution in [2.45, 2.75) is 25.3 Å². The number of H-pyrrole nitrogens is 1. The molecule has 0 bridgehead atoms. The summed E-state index contributed by atoms with van der Waals surface area (Å²) in [4.78, 5) is 15.4. The van der Waals surface area contributed by atoms with Crippen LogP contribution in [0.25, 0.3) is 11.1 Å². The second-order valence-corrected chi connectivity index (χ2v) is 6.12. The number of carbonyl (C=O) groups excluding carboxylic acids is 1. The van der Waals surface area contributed by atoms with Crippen LogP contribution in [0.1, 0.15) is 40.5 Å². The van der Waals surface area contributed by atoms with E-state index in [1.165, 1.54) is 7.11 Å². The SMILES string of the molecule is COC(=O)c1[nH]c(CN)c(-c2ccc(OC)c(OC)c2OC)c1C1CC1. The van der Waals surface area contributed by atoms with E-state index in [2.05, 4.69) is 4.98 Å². The molecule has 26 heavy (non-hydrogen) atoms. The van der Waals surface area contributed by atoms with E-state index in [-0.39, 0.29) is 6.54 Å². The second kappa shape index (κ2) is 7.29. The summed E-state index contributed by atoms with van der Waals surface area (Å²) in [6, 6.07) is 3.72. The number of esters is 1. The van der Waals surface area contributed by atoms with Gasteiger partial charge in [-0.15, -0.1) is 0 Å². The molecule has 0 atom stereocenters. The van der Waals surface area contributed by atoms with Crippen LogP contribution in [-0.2, 0) is 11.3 Å². The Hall–Kier alpha value is -2.67. The van der Waals surface area contributed by atoms with Gasteiger partial charge >= 0.3 is 5.97 Å².